The zero-order chi connectivity index (χ0) is 15.1. The molecule has 0 amide bonds. The molecule has 0 radical (unpaired) electrons. The normalized spacial score (nSPS) is 12.8. The van der Waals surface area contributed by atoms with Crippen molar-refractivity contribution in [2.45, 2.75) is 13.0 Å². The van der Waals surface area contributed by atoms with E-state index in [0.717, 1.165) is 36.8 Å². The van der Waals surface area contributed by atoms with Crippen molar-refractivity contribution in [1.29, 1.82) is 0 Å². The molecule has 2 aromatic carbocycles. The Kier molecular flexibility index (Phi) is 4.14. The van der Waals surface area contributed by atoms with Crippen molar-refractivity contribution in [2.24, 2.45) is 5.73 Å². The van der Waals surface area contributed by atoms with Crippen LogP contribution in [0, 0.1) is 6.92 Å². The highest BCUT2D eigenvalue weighted by atomic mass is 79.9. The summed E-state index contributed by atoms with van der Waals surface area (Å²) in [5.74, 6) is 0.743. The van der Waals surface area contributed by atoms with Gasteiger partial charge in [-0.25, -0.2) is 0 Å². The number of hydrogen-bond donors (Lipinski definition) is 1. The predicted octanol–water partition coefficient (Wildman–Crippen LogP) is 5.97. The second kappa shape index (κ2) is 5.76. The molecular weight excluding hydrogens is 417 g/mol. The van der Waals surface area contributed by atoms with Crippen molar-refractivity contribution in [3.8, 4) is 0 Å². The molecule has 0 aliphatic rings. The maximum atomic E-state index is 6.36. The van der Waals surface area contributed by atoms with E-state index < -0.39 is 6.04 Å². The van der Waals surface area contributed by atoms with Crippen molar-refractivity contribution < 1.29 is 4.42 Å². The lowest BCUT2D eigenvalue weighted by Crippen LogP contribution is -2.12. The van der Waals surface area contributed by atoms with Gasteiger partial charge in [0.05, 0.1) is 6.04 Å². The highest BCUT2D eigenvalue weighted by molar-refractivity contribution is 9.10. The number of furan rings is 1. The number of halogens is 3. The molecule has 0 aliphatic carbocycles. The molecule has 2 nitrogen and oxygen atoms in total. The van der Waals surface area contributed by atoms with Crippen molar-refractivity contribution in [1.82, 2.24) is 0 Å². The molecule has 3 rings (SSSR count). The zero-order valence-corrected chi connectivity index (χ0v) is 15.1. The molecule has 1 unspecified atom stereocenters. The summed E-state index contributed by atoms with van der Waals surface area (Å²) >= 11 is 13.1. The Morgan fingerprint density at radius 3 is 2.48 bits per heavy atom. The van der Waals surface area contributed by atoms with E-state index in [-0.39, 0.29) is 0 Å². The molecule has 3 aromatic rings. The summed E-state index contributed by atoms with van der Waals surface area (Å²) in [5, 5.41) is 1.69. The third kappa shape index (κ3) is 2.78. The first-order chi connectivity index (χ1) is 9.97. The van der Waals surface area contributed by atoms with E-state index in [1.807, 2.05) is 43.3 Å². The summed E-state index contributed by atoms with van der Waals surface area (Å²) < 4.78 is 7.86. The van der Waals surface area contributed by atoms with E-state index in [0.29, 0.717) is 5.02 Å². The van der Waals surface area contributed by atoms with Crippen LogP contribution < -0.4 is 5.73 Å². The van der Waals surface area contributed by atoms with Crippen LogP contribution in [0.3, 0.4) is 0 Å². The molecule has 108 valence electrons. The number of nitrogens with two attached hydrogens (primary N) is 1. The molecule has 21 heavy (non-hydrogen) atoms. The largest absolute Gasteiger partial charge is 0.459 e. The standard InChI is InChI=1S/C16H12Br2ClNO/c1-8-11-4-2-10(18)7-14(11)21-16(8)15(20)12-5-3-9(17)6-13(12)19/h2-7,15H,20H2,1H3. The minimum absolute atomic E-state index is 0.392. The summed E-state index contributed by atoms with van der Waals surface area (Å²) in [5.41, 5.74) is 9.08. The van der Waals surface area contributed by atoms with Crippen LogP contribution >= 0.6 is 43.5 Å². The second-order valence-corrected chi connectivity index (χ2v) is 7.11. The van der Waals surface area contributed by atoms with Gasteiger partial charge in [0, 0.05) is 24.9 Å². The third-order valence-corrected chi connectivity index (χ3v) is 4.83. The van der Waals surface area contributed by atoms with Crippen LogP contribution in [0.2, 0.25) is 5.02 Å². The first-order valence-electron chi connectivity index (χ1n) is 6.36. The first-order valence-corrected chi connectivity index (χ1v) is 8.33. The molecule has 0 saturated heterocycles. The van der Waals surface area contributed by atoms with Gasteiger partial charge in [-0.15, -0.1) is 0 Å². The molecule has 0 aliphatic heterocycles. The fourth-order valence-electron chi connectivity index (χ4n) is 2.41. The first kappa shape index (κ1) is 15.1. The van der Waals surface area contributed by atoms with Crippen LogP contribution in [-0.4, -0.2) is 0 Å². The van der Waals surface area contributed by atoms with Gasteiger partial charge in [0.25, 0.3) is 0 Å². The summed E-state index contributed by atoms with van der Waals surface area (Å²) in [4.78, 5) is 0. The Balaban J connectivity index is 2.13. The van der Waals surface area contributed by atoms with Crippen molar-refractivity contribution in [3.05, 3.63) is 67.3 Å². The van der Waals surface area contributed by atoms with Gasteiger partial charge in [0.2, 0.25) is 0 Å². The van der Waals surface area contributed by atoms with Crippen LogP contribution in [0.1, 0.15) is 22.9 Å². The van der Waals surface area contributed by atoms with Gasteiger partial charge < -0.3 is 10.2 Å². The van der Waals surface area contributed by atoms with Crippen LogP contribution in [-0.2, 0) is 0 Å². The molecule has 1 aromatic heterocycles. The molecule has 1 heterocycles. The van der Waals surface area contributed by atoms with Crippen LogP contribution in [0.15, 0.2) is 49.8 Å². The quantitative estimate of drug-likeness (QED) is 0.545. The zero-order valence-electron chi connectivity index (χ0n) is 11.2. The second-order valence-electron chi connectivity index (χ2n) is 4.88. The number of fused-ring (bicyclic) bond motifs is 1. The van der Waals surface area contributed by atoms with Gasteiger partial charge in [0.1, 0.15) is 11.3 Å². The number of benzene rings is 2. The van der Waals surface area contributed by atoms with Gasteiger partial charge >= 0.3 is 0 Å². The van der Waals surface area contributed by atoms with Gasteiger partial charge in [-0.1, -0.05) is 49.5 Å². The van der Waals surface area contributed by atoms with Gasteiger partial charge in [-0.2, -0.15) is 0 Å². The average molecular weight is 430 g/mol. The van der Waals surface area contributed by atoms with E-state index in [2.05, 4.69) is 31.9 Å². The van der Waals surface area contributed by atoms with Crippen molar-refractivity contribution in [3.63, 3.8) is 0 Å². The molecule has 0 fully saturated rings. The Bertz CT molecular complexity index is 829. The maximum Gasteiger partial charge on any atom is 0.135 e. The fourth-order valence-corrected chi connectivity index (χ4v) is 3.54. The summed E-state index contributed by atoms with van der Waals surface area (Å²) in [6, 6.07) is 11.3. The van der Waals surface area contributed by atoms with E-state index >= 15 is 0 Å². The summed E-state index contributed by atoms with van der Waals surface area (Å²) in [6.07, 6.45) is 0. The molecule has 5 heteroatoms. The lowest BCUT2D eigenvalue weighted by atomic mass is 10.0. The average Bonchev–Trinajstić information content (AvgIpc) is 2.75. The molecule has 0 spiro atoms. The highest BCUT2D eigenvalue weighted by Crippen LogP contribution is 2.35. The number of aryl methyl sites for hydroxylation is 1. The third-order valence-electron chi connectivity index (χ3n) is 3.52. The van der Waals surface area contributed by atoms with Crippen LogP contribution in [0.4, 0.5) is 0 Å². The molecule has 1 atom stereocenters. The van der Waals surface area contributed by atoms with E-state index in [9.17, 15) is 0 Å². The minimum atomic E-state index is -0.392. The van der Waals surface area contributed by atoms with E-state index in [4.69, 9.17) is 21.8 Å². The number of hydrogen-bond acceptors (Lipinski definition) is 2. The van der Waals surface area contributed by atoms with E-state index in [1.165, 1.54) is 0 Å². The Morgan fingerprint density at radius 1 is 1.10 bits per heavy atom. The highest BCUT2D eigenvalue weighted by Gasteiger charge is 2.20. The maximum absolute atomic E-state index is 6.36. The minimum Gasteiger partial charge on any atom is -0.459 e. The summed E-state index contributed by atoms with van der Waals surface area (Å²) in [7, 11) is 0. The van der Waals surface area contributed by atoms with E-state index in [1.54, 1.807) is 0 Å². The molecular formula is C16H12Br2ClNO. The topological polar surface area (TPSA) is 39.2 Å². The van der Waals surface area contributed by atoms with Crippen molar-refractivity contribution >= 4 is 54.4 Å². The van der Waals surface area contributed by atoms with Gasteiger partial charge in [-0.05, 0) is 42.8 Å². The molecule has 0 saturated carbocycles. The fraction of sp³-hybridized carbons (Fsp3) is 0.125. The Labute approximate surface area is 144 Å². The molecule has 0 bridgehead atoms. The monoisotopic (exact) mass is 427 g/mol. The smallest absolute Gasteiger partial charge is 0.135 e. The summed E-state index contributed by atoms with van der Waals surface area (Å²) in [6.45, 7) is 2.02. The SMILES string of the molecule is Cc1c(C(N)c2ccc(Br)cc2Cl)oc2cc(Br)ccc12. The lowest BCUT2D eigenvalue weighted by molar-refractivity contribution is 0.521. The lowest BCUT2D eigenvalue weighted by Gasteiger charge is -2.12. The van der Waals surface area contributed by atoms with Crippen LogP contribution in [0.25, 0.3) is 11.0 Å². The van der Waals surface area contributed by atoms with Crippen molar-refractivity contribution in [2.75, 3.05) is 0 Å². The Morgan fingerprint density at radius 2 is 1.76 bits per heavy atom. The Hall–Kier alpha value is -0.810. The van der Waals surface area contributed by atoms with Crippen LogP contribution in [0.5, 0.6) is 0 Å². The molecule has 2 N–H and O–H groups in total. The van der Waals surface area contributed by atoms with Gasteiger partial charge in [0.15, 0.2) is 0 Å². The van der Waals surface area contributed by atoms with Gasteiger partial charge in [-0.3, -0.25) is 0 Å². The predicted molar refractivity (Wildman–Crippen MR) is 93.8 cm³/mol. The number of rotatable bonds is 2.